The zero-order valence-electron chi connectivity index (χ0n) is 14.5. The molecule has 22 heavy (non-hydrogen) atoms. The number of benzene rings is 1. The lowest BCUT2D eigenvalue weighted by Crippen LogP contribution is -2.20. The minimum absolute atomic E-state index is 0.0487. The molecule has 1 unspecified atom stereocenters. The van der Waals surface area contributed by atoms with E-state index in [-0.39, 0.29) is 12.1 Å². The zero-order chi connectivity index (χ0) is 16.8. The van der Waals surface area contributed by atoms with Crippen LogP contribution in [0.3, 0.4) is 0 Å². The lowest BCUT2D eigenvalue weighted by Gasteiger charge is -2.15. The highest BCUT2D eigenvalue weighted by atomic mass is 32.2. The van der Waals surface area contributed by atoms with E-state index < -0.39 is 10.0 Å². The fourth-order valence-electron chi connectivity index (χ4n) is 3.53. The Hall–Kier alpha value is -1.13. The Kier molecular flexibility index (Phi) is 4.56. The Morgan fingerprint density at radius 2 is 1.77 bits per heavy atom. The molecule has 0 aliphatic carbocycles. The first-order valence-corrected chi connectivity index (χ1v) is 9.33. The summed E-state index contributed by atoms with van der Waals surface area (Å²) in [5.74, 6) is 0.336. The van der Waals surface area contributed by atoms with Crippen LogP contribution in [0.4, 0.5) is 0 Å². The maximum Gasteiger partial charge on any atom is 0.244 e. The van der Waals surface area contributed by atoms with Gasteiger partial charge in [0.1, 0.15) is 0 Å². The first-order chi connectivity index (χ1) is 10.1. The number of nitrogens with zero attached hydrogens (tertiary/aromatic N) is 1. The van der Waals surface area contributed by atoms with E-state index in [2.05, 4.69) is 20.4 Å². The van der Waals surface area contributed by atoms with Crippen LogP contribution in [0.1, 0.15) is 43.9 Å². The van der Waals surface area contributed by atoms with Crippen LogP contribution < -0.4 is 0 Å². The summed E-state index contributed by atoms with van der Waals surface area (Å²) in [5, 5.41) is 0. The van der Waals surface area contributed by atoms with Crippen molar-refractivity contribution in [2.75, 3.05) is 0 Å². The van der Waals surface area contributed by atoms with Gasteiger partial charge in [-0.25, -0.2) is 8.42 Å². The minimum Gasteiger partial charge on any atom is -0.207 e. The monoisotopic (exact) mass is 321 g/mol. The van der Waals surface area contributed by atoms with E-state index in [0.717, 1.165) is 28.7 Å². The molecule has 3 nitrogen and oxygen atoms in total. The summed E-state index contributed by atoms with van der Waals surface area (Å²) in [7, 11) is -3.47. The lowest BCUT2D eigenvalue weighted by molar-refractivity contribution is 0.485. The predicted molar refractivity (Wildman–Crippen MR) is 91.5 cm³/mol. The summed E-state index contributed by atoms with van der Waals surface area (Å²) in [6.45, 7) is 15.9. The summed E-state index contributed by atoms with van der Waals surface area (Å²) >= 11 is 0. The fraction of sp³-hybridized carbons (Fsp3) is 0.556. The highest BCUT2D eigenvalue weighted by molar-refractivity contribution is 7.89. The summed E-state index contributed by atoms with van der Waals surface area (Å²) in [4.78, 5) is 0.468. The molecule has 1 fully saturated rings. The first kappa shape index (κ1) is 17.2. The van der Waals surface area contributed by atoms with Crippen LogP contribution in [0, 0.1) is 26.7 Å². The molecule has 1 heterocycles. The van der Waals surface area contributed by atoms with Crippen molar-refractivity contribution in [2.45, 2.75) is 64.9 Å². The van der Waals surface area contributed by atoms with Crippen LogP contribution in [0.2, 0.25) is 0 Å². The number of rotatable bonds is 5. The fourth-order valence-corrected chi connectivity index (χ4v) is 5.86. The Morgan fingerprint density at radius 1 is 1.27 bits per heavy atom. The van der Waals surface area contributed by atoms with Gasteiger partial charge >= 0.3 is 0 Å². The van der Waals surface area contributed by atoms with Crippen molar-refractivity contribution in [1.29, 1.82) is 0 Å². The summed E-state index contributed by atoms with van der Waals surface area (Å²) in [6.07, 6.45) is 0.965. The van der Waals surface area contributed by atoms with E-state index in [1.165, 1.54) is 0 Å². The topological polar surface area (TPSA) is 37.1 Å². The van der Waals surface area contributed by atoms with Crippen LogP contribution in [-0.4, -0.2) is 24.8 Å². The highest BCUT2D eigenvalue weighted by Gasteiger charge is 2.57. The third-order valence-corrected chi connectivity index (χ3v) is 6.86. The Balaban J connectivity index is 2.50. The van der Waals surface area contributed by atoms with Gasteiger partial charge in [0.15, 0.2) is 0 Å². The minimum atomic E-state index is -3.47. The van der Waals surface area contributed by atoms with Crippen molar-refractivity contribution >= 4 is 10.0 Å². The van der Waals surface area contributed by atoms with Crippen LogP contribution >= 0.6 is 0 Å². The zero-order valence-corrected chi connectivity index (χ0v) is 15.3. The number of hydrogen-bond donors (Lipinski definition) is 0. The molecule has 1 saturated heterocycles. The van der Waals surface area contributed by atoms with Gasteiger partial charge in [-0.15, -0.1) is 0 Å². The smallest absolute Gasteiger partial charge is 0.207 e. The molecule has 0 spiro atoms. The van der Waals surface area contributed by atoms with Crippen LogP contribution in [0.25, 0.3) is 0 Å². The Bertz CT molecular complexity index is 683. The molecule has 1 aliphatic rings. The quantitative estimate of drug-likeness (QED) is 0.608. The van der Waals surface area contributed by atoms with E-state index in [9.17, 15) is 8.42 Å². The van der Waals surface area contributed by atoms with Gasteiger partial charge < -0.3 is 0 Å². The number of sulfonamides is 1. The van der Waals surface area contributed by atoms with Crippen LogP contribution in [0.15, 0.2) is 29.2 Å². The maximum absolute atomic E-state index is 13.2. The van der Waals surface area contributed by atoms with Crippen molar-refractivity contribution in [3.05, 3.63) is 41.0 Å². The lowest BCUT2D eigenvalue weighted by atomic mass is 10.0. The van der Waals surface area contributed by atoms with Gasteiger partial charge in [0.2, 0.25) is 10.0 Å². The van der Waals surface area contributed by atoms with Crippen LogP contribution in [-0.2, 0) is 10.0 Å². The molecule has 2 rings (SSSR count). The molecule has 122 valence electrons. The largest absolute Gasteiger partial charge is 0.244 e. The van der Waals surface area contributed by atoms with Crippen LogP contribution in [0.5, 0.6) is 0 Å². The number of aryl methyl sites for hydroxylation is 3. The van der Waals surface area contributed by atoms with E-state index in [4.69, 9.17) is 0 Å². The molecule has 4 heteroatoms. The van der Waals surface area contributed by atoms with E-state index >= 15 is 0 Å². The third-order valence-electron chi connectivity index (χ3n) is 4.67. The molecule has 0 bridgehead atoms. The second-order valence-electron chi connectivity index (χ2n) is 6.73. The molecule has 0 N–H and O–H groups in total. The standard InChI is InChI=1S/C18H27NO2S/c1-8-13(5)17-16(11(2)3)19(17)22(20,21)18-14(6)9-12(4)10-15(18)7/h9-10,13,16-17H,2,8H2,1,3-7H3/t13-,16-,17-,19?/m0/s1. The molecular weight excluding hydrogens is 294 g/mol. The normalized spacial score (nSPS) is 25.8. The molecule has 0 amide bonds. The second kappa shape index (κ2) is 5.82. The summed E-state index contributed by atoms with van der Waals surface area (Å²) in [5.41, 5.74) is 3.67. The van der Waals surface area contributed by atoms with E-state index in [0.29, 0.717) is 10.8 Å². The van der Waals surface area contributed by atoms with Gasteiger partial charge in [0.05, 0.1) is 10.9 Å². The van der Waals surface area contributed by atoms with Gasteiger partial charge in [-0.2, -0.15) is 4.31 Å². The van der Waals surface area contributed by atoms with Gasteiger partial charge in [0.25, 0.3) is 0 Å². The second-order valence-corrected chi connectivity index (χ2v) is 8.51. The van der Waals surface area contributed by atoms with Gasteiger partial charge in [0, 0.05) is 6.04 Å². The molecule has 1 aromatic rings. The molecule has 1 aliphatic heterocycles. The molecule has 4 atom stereocenters. The van der Waals surface area contributed by atoms with Gasteiger partial charge in [-0.1, -0.05) is 50.1 Å². The Morgan fingerprint density at radius 3 is 2.18 bits per heavy atom. The van der Waals surface area contributed by atoms with Crippen molar-refractivity contribution in [1.82, 2.24) is 4.31 Å². The molecule has 1 aromatic carbocycles. The summed E-state index contributed by atoms with van der Waals surface area (Å²) in [6, 6.07) is 3.88. The average Bonchev–Trinajstić information content (AvgIpc) is 3.12. The van der Waals surface area contributed by atoms with Gasteiger partial charge in [-0.3, -0.25) is 0 Å². The average molecular weight is 321 g/mol. The SMILES string of the molecule is C=C(C)[C@H]1[C@H]([C@@H](C)CC)N1S(=O)(=O)c1c(C)cc(C)cc1C. The predicted octanol–water partition coefficient (Wildman–Crippen LogP) is 3.98. The molecule has 0 radical (unpaired) electrons. The van der Waals surface area contributed by atoms with Crippen molar-refractivity contribution in [3.63, 3.8) is 0 Å². The number of hydrogen-bond acceptors (Lipinski definition) is 2. The van der Waals surface area contributed by atoms with Crippen molar-refractivity contribution in [2.24, 2.45) is 5.92 Å². The first-order valence-electron chi connectivity index (χ1n) is 7.89. The molecule has 0 saturated carbocycles. The molecular formula is C18H27NO2S. The van der Waals surface area contributed by atoms with E-state index in [1.807, 2.05) is 39.8 Å². The van der Waals surface area contributed by atoms with E-state index in [1.54, 1.807) is 4.31 Å². The molecule has 0 aromatic heterocycles. The highest BCUT2D eigenvalue weighted by Crippen LogP contribution is 2.45. The Labute approximate surface area is 135 Å². The van der Waals surface area contributed by atoms with Crippen molar-refractivity contribution in [3.8, 4) is 0 Å². The summed E-state index contributed by atoms with van der Waals surface area (Å²) < 4.78 is 28.0. The van der Waals surface area contributed by atoms with Gasteiger partial charge in [-0.05, 0) is 44.7 Å². The van der Waals surface area contributed by atoms with Crippen molar-refractivity contribution < 1.29 is 8.42 Å². The third kappa shape index (κ3) is 2.74. The maximum atomic E-state index is 13.2.